The number of piperazine rings is 1. The zero-order chi connectivity index (χ0) is 20.4. The van der Waals surface area contributed by atoms with E-state index in [-0.39, 0.29) is 18.0 Å². The minimum absolute atomic E-state index is 0.253. The second-order valence-corrected chi connectivity index (χ2v) is 8.61. The predicted octanol–water partition coefficient (Wildman–Crippen LogP) is 1.80. The van der Waals surface area contributed by atoms with E-state index in [1.807, 2.05) is 24.3 Å². The Morgan fingerprint density at radius 1 is 1.07 bits per heavy atom. The highest BCUT2D eigenvalue weighted by Crippen LogP contribution is 2.31. The molecule has 1 saturated heterocycles. The summed E-state index contributed by atoms with van der Waals surface area (Å²) in [5.74, 6) is 0.786. The molecule has 1 heterocycles. The van der Waals surface area contributed by atoms with Crippen molar-refractivity contribution in [2.24, 2.45) is 0 Å². The standard InChI is InChI=1S/C19H21F3N2O3S/c1-27-18-8-3-2-5-15(18)14-23-9-11-24(12-10-23)28(25,26)17-7-4-6-16(13-17)19(20,21)22/h2-8,13H,9-12,14H2,1H3/p+1. The topological polar surface area (TPSA) is 51.1 Å². The van der Waals surface area contributed by atoms with Crippen LogP contribution in [0.1, 0.15) is 11.1 Å². The van der Waals surface area contributed by atoms with E-state index in [2.05, 4.69) is 0 Å². The normalized spacial score (nSPS) is 16.9. The summed E-state index contributed by atoms with van der Waals surface area (Å²) in [5, 5.41) is 0. The van der Waals surface area contributed by atoms with E-state index >= 15 is 0 Å². The Hall–Kier alpha value is -2.10. The van der Waals surface area contributed by atoms with Crippen molar-refractivity contribution in [1.29, 1.82) is 0 Å². The molecular formula is C19H22F3N2O3S+. The van der Waals surface area contributed by atoms with Gasteiger partial charge in [0.1, 0.15) is 12.3 Å². The summed E-state index contributed by atoms with van der Waals surface area (Å²) in [6.07, 6.45) is -4.58. The molecule has 1 fully saturated rings. The SMILES string of the molecule is COc1ccccc1C[NH+]1CCN(S(=O)(=O)c2cccc(C(F)(F)F)c2)CC1. The third kappa shape index (κ3) is 4.48. The largest absolute Gasteiger partial charge is 0.496 e. The summed E-state index contributed by atoms with van der Waals surface area (Å²) in [4.78, 5) is 0.871. The fourth-order valence-electron chi connectivity index (χ4n) is 3.32. The summed E-state index contributed by atoms with van der Waals surface area (Å²) in [6, 6.07) is 11.6. The van der Waals surface area contributed by atoms with Gasteiger partial charge in [-0.3, -0.25) is 0 Å². The van der Waals surface area contributed by atoms with Crippen molar-refractivity contribution in [3.63, 3.8) is 0 Å². The maximum absolute atomic E-state index is 12.9. The fourth-order valence-corrected chi connectivity index (χ4v) is 4.81. The summed E-state index contributed by atoms with van der Waals surface area (Å²) in [6.45, 7) is 2.33. The summed E-state index contributed by atoms with van der Waals surface area (Å²) >= 11 is 0. The van der Waals surface area contributed by atoms with Crippen LogP contribution in [0.15, 0.2) is 53.4 Å². The number of ether oxygens (including phenoxy) is 1. The van der Waals surface area contributed by atoms with Crippen molar-refractivity contribution in [2.75, 3.05) is 33.3 Å². The number of rotatable bonds is 5. The van der Waals surface area contributed by atoms with Gasteiger partial charge in [0, 0.05) is 5.56 Å². The number of alkyl halides is 3. The fraction of sp³-hybridized carbons (Fsp3) is 0.368. The Morgan fingerprint density at radius 3 is 2.39 bits per heavy atom. The lowest BCUT2D eigenvalue weighted by Gasteiger charge is -2.31. The Kier molecular flexibility index (Phi) is 5.97. The van der Waals surface area contributed by atoms with Crippen LogP contribution in [0.2, 0.25) is 0 Å². The second kappa shape index (κ2) is 8.10. The van der Waals surface area contributed by atoms with Gasteiger partial charge >= 0.3 is 6.18 Å². The molecular weight excluding hydrogens is 393 g/mol. The molecule has 1 aliphatic rings. The van der Waals surface area contributed by atoms with E-state index in [1.54, 1.807) is 7.11 Å². The molecule has 2 aromatic rings. The molecule has 0 unspecified atom stereocenters. The smallest absolute Gasteiger partial charge is 0.416 e. The molecule has 28 heavy (non-hydrogen) atoms. The zero-order valence-corrected chi connectivity index (χ0v) is 16.2. The molecule has 2 aromatic carbocycles. The van der Waals surface area contributed by atoms with Gasteiger partial charge in [-0.1, -0.05) is 18.2 Å². The summed E-state index contributed by atoms with van der Waals surface area (Å²) < 4.78 is 70.8. The highest BCUT2D eigenvalue weighted by Gasteiger charge is 2.34. The van der Waals surface area contributed by atoms with Crippen LogP contribution in [0.5, 0.6) is 5.75 Å². The van der Waals surface area contributed by atoms with Crippen LogP contribution < -0.4 is 9.64 Å². The molecule has 0 atom stereocenters. The number of hydrogen-bond donors (Lipinski definition) is 1. The molecule has 0 radical (unpaired) electrons. The Morgan fingerprint density at radius 2 is 1.75 bits per heavy atom. The van der Waals surface area contributed by atoms with E-state index < -0.39 is 21.8 Å². The molecule has 3 rings (SSSR count). The minimum Gasteiger partial charge on any atom is -0.496 e. The van der Waals surface area contributed by atoms with Gasteiger partial charge in [-0.15, -0.1) is 0 Å². The number of halogens is 3. The molecule has 5 nitrogen and oxygen atoms in total. The van der Waals surface area contributed by atoms with Crippen LogP contribution in [-0.2, 0) is 22.7 Å². The van der Waals surface area contributed by atoms with E-state index in [1.165, 1.54) is 15.3 Å². The van der Waals surface area contributed by atoms with Crippen molar-refractivity contribution in [2.45, 2.75) is 17.6 Å². The number of hydrogen-bond acceptors (Lipinski definition) is 3. The number of methoxy groups -OCH3 is 1. The van der Waals surface area contributed by atoms with Gasteiger partial charge in [0.15, 0.2) is 0 Å². The maximum atomic E-state index is 12.9. The lowest BCUT2D eigenvalue weighted by molar-refractivity contribution is -0.917. The van der Waals surface area contributed by atoms with Crippen molar-refractivity contribution < 1.29 is 31.2 Å². The third-order valence-electron chi connectivity index (χ3n) is 4.86. The molecule has 152 valence electrons. The van der Waals surface area contributed by atoms with E-state index in [4.69, 9.17) is 4.74 Å². The van der Waals surface area contributed by atoms with Crippen molar-refractivity contribution >= 4 is 10.0 Å². The zero-order valence-electron chi connectivity index (χ0n) is 15.4. The number of quaternary nitrogens is 1. The molecule has 9 heteroatoms. The molecule has 0 amide bonds. The average molecular weight is 415 g/mol. The van der Waals surface area contributed by atoms with Gasteiger partial charge < -0.3 is 9.64 Å². The van der Waals surface area contributed by atoms with Crippen LogP contribution in [0, 0.1) is 0 Å². The highest BCUT2D eigenvalue weighted by atomic mass is 32.2. The van der Waals surface area contributed by atoms with Crippen LogP contribution in [0.4, 0.5) is 13.2 Å². The van der Waals surface area contributed by atoms with Crippen molar-refractivity contribution in [1.82, 2.24) is 4.31 Å². The third-order valence-corrected chi connectivity index (χ3v) is 6.76. The minimum atomic E-state index is -4.58. The molecule has 0 saturated carbocycles. The van der Waals surface area contributed by atoms with E-state index in [9.17, 15) is 21.6 Å². The highest BCUT2D eigenvalue weighted by molar-refractivity contribution is 7.89. The average Bonchev–Trinajstić information content (AvgIpc) is 2.68. The Labute approximate surface area is 162 Å². The first-order chi connectivity index (χ1) is 13.2. The molecule has 0 bridgehead atoms. The van der Waals surface area contributed by atoms with Crippen LogP contribution in [0.3, 0.4) is 0 Å². The van der Waals surface area contributed by atoms with Gasteiger partial charge in [0.25, 0.3) is 0 Å². The van der Waals surface area contributed by atoms with Crippen LogP contribution in [-0.4, -0.2) is 46.0 Å². The predicted molar refractivity (Wildman–Crippen MR) is 97.6 cm³/mol. The Bertz CT molecular complexity index is 924. The number of para-hydroxylation sites is 1. The first-order valence-corrected chi connectivity index (χ1v) is 10.3. The van der Waals surface area contributed by atoms with Crippen LogP contribution in [0.25, 0.3) is 0 Å². The second-order valence-electron chi connectivity index (χ2n) is 6.67. The monoisotopic (exact) mass is 415 g/mol. The molecule has 1 N–H and O–H groups in total. The molecule has 0 spiro atoms. The Balaban J connectivity index is 1.69. The van der Waals surface area contributed by atoms with Gasteiger partial charge in [0.2, 0.25) is 10.0 Å². The van der Waals surface area contributed by atoms with E-state index in [0.717, 1.165) is 23.4 Å². The maximum Gasteiger partial charge on any atom is 0.416 e. The summed E-state index contributed by atoms with van der Waals surface area (Å²) in [5.41, 5.74) is 0.0724. The van der Waals surface area contributed by atoms with Crippen LogP contribution >= 0.6 is 0 Å². The number of sulfonamides is 1. The lowest BCUT2D eigenvalue weighted by atomic mass is 10.2. The number of nitrogens with one attached hydrogen (secondary N) is 1. The summed E-state index contributed by atoms with van der Waals surface area (Å²) in [7, 11) is -2.35. The number of benzene rings is 2. The first-order valence-electron chi connectivity index (χ1n) is 8.84. The van der Waals surface area contributed by atoms with Gasteiger partial charge in [-0.25, -0.2) is 8.42 Å². The van der Waals surface area contributed by atoms with Crippen molar-refractivity contribution in [3.05, 3.63) is 59.7 Å². The first kappa shape index (κ1) is 20.6. The van der Waals surface area contributed by atoms with E-state index in [0.29, 0.717) is 25.7 Å². The van der Waals surface area contributed by atoms with Gasteiger partial charge in [-0.2, -0.15) is 17.5 Å². The molecule has 1 aliphatic heterocycles. The van der Waals surface area contributed by atoms with Crippen molar-refractivity contribution in [3.8, 4) is 5.75 Å². The number of nitrogens with zero attached hydrogens (tertiary/aromatic N) is 1. The van der Waals surface area contributed by atoms with Gasteiger partial charge in [0.05, 0.1) is 43.7 Å². The quantitative estimate of drug-likeness (QED) is 0.811. The lowest BCUT2D eigenvalue weighted by Crippen LogP contribution is -3.13. The van der Waals surface area contributed by atoms with Gasteiger partial charge in [-0.05, 0) is 30.3 Å². The molecule has 0 aromatic heterocycles. The molecule has 0 aliphatic carbocycles.